The van der Waals surface area contributed by atoms with Crippen molar-refractivity contribution in [2.24, 2.45) is 0 Å². The Morgan fingerprint density at radius 1 is 1.17 bits per heavy atom. The van der Waals surface area contributed by atoms with Gasteiger partial charge in [0.05, 0.1) is 6.42 Å². The summed E-state index contributed by atoms with van der Waals surface area (Å²) in [5.74, 6) is -0.198. The van der Waals surface area contributed by atoms with Crippen molar-refractivity contribution in [3.63, 3.8) is 0 Å². The van der Waals surface area contributed by atoms with Gasteiger partial charge in [0.25, 0.3) is 0 Å². The lowest BCUT2D eigenvalue weighted by Gasteiger charge is -2.25. The number of nitrogens with one attached hydrogen (secondary N) is 1. The maximum absolute atomic E-state index is 12.9. The number of hydrogen-bond donors (Lipinski definition) is 1. The molecule has 2 aromatic carbocycles. The third-order valence-corrected chi connectivity index (χ3v) is 4.42. The van der Waals surface area contributed by atoms with E-state index in [1.54, 1.807) is 17.0 Å². The van der Waals surface area contributed by atoms with Crippen LogP contribution in [0.3, 0.4) is 0 Å². The highest BCUT2D eigenvalue weighted by Gasteiger charge is 2.37. The minimum atomic E-state index is -0.484. The highest BCUT2D eigenvalue weighted by atomic mass is 35.5. The number of hydrogen-bond acceptors (Lipinski definition) is 2. The van der Waals surface area contributed by atoms with Gasteiger partial charge < -0.3 is 5.32 Å². The van der Waals surface area contributed by atoms with Crippen LogP contribution in [0.15, 0.2) is 48.5 Å². The van der Waals surface area contributed by atoms with Crippen molar-refractivity contribution in [3.05, 3.63) is 64.7 Å². The first-order valence-corrected chi connectivity index (χ1v) is 8.40. The monoisotopic (exact) mass is 342 g/mol. The van der Waals surface area contributed by atoms with Gasteiger partial charge >= 0.3 is 0 Å². The fourth-order valence-electron chi connectivity index (χ4n) is 3.06. The molecule has 0 fully saturated rings. The highest BCUT2D eigenvalue weighted by molar-refractivity contribution is 6.30. The molecule has 4 nitrogen and oxygen atoms in total. The number of fused-ring (bicyclic) bond motifs is 1. The van der Waals surface area contributed by atoms with E-state index in [9.17, 15) is 9.59 Å². The van der Waals surface area contributed by atoms with Crippen LogP contribution in [0, 0.1) is 0 Å². The molecule has 1 aliphatic heterocycles. The molecule has 1 aliphatic rings. The number of rotatable bonds is 4. The Morgan fingerprint density at radius 2 is 1.88 bits per heavy atom. The topological polar surface area (TPSA) is 49.4 Å². The molecule has 0 saturated carbocycles. The molecule has 0 aliphatic carbocycles. The maximum atomic E-state index is 12.9. The predicted molar refractivity (Wildman–Crippen MR) is 95.3 cm³/mol. The van der Waals surface area contributed by atoms with Crippen LogP contribution in [0.2, 0.25) is 5.02 Å². The first-order chi connectivity index (χ1) is 11.6. The molecule has 0 aromatic heterocycles. The molecule has 0 radical (unpaired) electrons. The number of anilines is 1. The second-order valence-corrected chi connectivity index (χ2v) is 6.25. The molecule has 1 N–H and O–H groups in total. The fraction of sp³-hybridized carbons (Fsp3) is 0.263. The quantitative estimate of drug-likeness (QED) is 0.928. The molecule has 3 rings (SSSR count). The van der Waals surface area contributed by atoms with Crippen molar-refractivity contribution < 1.29 is 9.59 Å². The molecule has 0 saturated heterocycles. The van der Waals surface area contributed by atoms with Gasteiger partial charge in [0, 0.05) is 23.7 Å². The number of amides is 2. The molecule has 0 bridgehead atoms. The van der Waals surface area contributed by atoms with Crippen LogP contribution in [0.25, 0.3) is 0 Å². The Hall–Kier alpha value is -2.33. The minimum Gasteiger partial charge on any atom is -0.355 e. The van der Waals surface area contributed by atoms with E-state index < -0.39 is 6.04 Å². The van der Waals surface area contributed by atoms with E-state index in [0.29, 0.717) is 18.0 Å². The summed E-state index contributed by atoms with van der Waals surface area (Å²) in [5.41, 5.74) is 2.73. The van der Waals surface area contributed by atoms with E-state index in [4.69, 9.17) is 11.6 Å². The third-order valence-electron chi connectivity index (χ3n) is 4.17. The summed E-state index contributed by atoms with van der Waals surface area (Å²) < 4.78 is 0. The highest BCUT2D eigenvalue weighted by Crippen LogP contribution is 2.32. The number of benzene rings is 2. The molecule has 0 spiro atoms. The number of para-hydroxylation sites is 1. The van der Waals surface area contributed by atoms with Crippen molar-refractivity contribution in [1.29, 1.82) is 0 Å². The Kier molecular flexibility index (Phi) is 4.86. The Balaban J connectivity index is 1.87. The fourth-order valence-corrected chi connectivity index (χ4v) is 3.18. The van der Waals surface area contributed by atoms with Gasteiger partial charge in [-0.15, -0.1) is 0 Å². The van der Waals surface area contributed by atoms with Crippen LogP contribution in [-0.2, 0) is 22.4 Å². The molecule has 1 unspecified atom stereocenters. The average molecular weight is 343 g/mol. The molecule has 2 aromatic rings. The second-order valence-electron chi connectivity index (χ2n) is 5.81. The Bertz CT molecular complexity index is 758. The molecule has 1 heterocycles. The zero-order chi connectivity index (χ0) is 17.1. The Labute approximate surface area is 146 Å². The van der Waals surface area contributed by atoms with Crippen LogP contribution in [-0.4, -0.2) is 24.4 Å². The first-order valence-electron chi connectivity index (χ1n) is 8.02. The number of carbonyl (C=O) groups is 2. The van der Waals surface area contributed by atoms with Gasteiger partial charge in [-0.3, -0.25) is 14.5 Å². The lowest BCUT2D eigenvalue weighted by atomic mass is 10.1. The lowest BCUT2D eigenvalue weighted by Crippen LogP contribution is -2.48. The average Bonchev–Trinajstić information content (AvgIpc) is 2.97. The van der Waals surface area contributed by atoms with Crippen LogP contribution < -0.4 is 10.2 Å². The van der Waals surface area contributed by atoms with Crippen molar-refractivity contribution >= 4 is 29.1 Å². The van der Waals surface area contributed by atoms with Crippen molar-refractivity contribution in [3.8, 4) is 0 Å². The smallest absolute Gasteiger partial charge is 0.243 e. The Morgan fingerprint density at radius 3 is 2.58 bits per heavy atom. The van der Waals surface area contributed by atoms with E-state index in [-0.39, 0.29) is 18.2 Å². The van der Waals surface area contributed by atoms with Crippen molar-refractivity contribution in [2.75, 3.05) is 11.4 Å². The van der Waals surface area contributed by atoms with Crippen LogP contribution in [0.1, 0.15) is 18.1 Å². The minimum absolute atomic E-state index is 0.0847. The zero-order valence-electron chi connectivity index (χ0n) is 13.5. The first kappa shape index (κ1) is 16.5. The molecule has 5 heteroatoms. The van der Waals surface area contributed by atoms with Gasteiger partial charge in [-0.05, 0) is 36.2 Å². The third kappa shape index (κ3) is 3.29. The van der Waals surface area contributed by atoms with E-state index in [0.717, 1.165) is 16.8 Å². The molecule has 2 amide bonds. The number of likely N-dealkylation sites (N-methyl/N-ethyl adjacent to an activating group) is 1. The molecular weight excluding hydrogens is 324 g/mol. The van der Waals surface area contributed by atoms with Gasteiger partial charge in [-0.25, -0.2) is 0 Å². The van der Waals surface area contributed by atoms with Gasteiger partial charge in [-0.1, -0.05) is 41.9 Å². The lowest BCUT2D eigenvalue weighted by molar-refractivity contribution is -0.125. The zero-order valence-corrected chi connectivity index (χ0v) is 14.2. The largest absolute Gasteiger partial charge is 0.355 e. The van der Waals surface area contributed by atoms with E-state index >= 15 is 0 Å². The molecule has 124 valence electrons. The number of carbonyl (C=O) groups excluding carboxylic acids is 2. The van der Waals surface area contributed by atoms with Crippen molar-refractivity contribution in [2.45, 2.75) is 25.8 Å². The summed E-state index contributed by atoms with van der Waals surface area (Å²) in [6.45, 7) is 2.42. The predicted octanol–water partition coefficient (Wildman–Crippen LogP) is 2.98. The van der Waals surface area contributed by atoms with E-state index in [2.05, 4.69) is 5.32 Å². The molecule has 24 heavy (non-hydrogen) atoms. The summed E-state index contributed by atoms with van der Waals surface area (Å²) >= 11 is 5.89. The summed E-state index contributed by atoms with van der Waals surface area (Å²) in [6.07, 6.45) is 0.787. The standard InChI is InChI=1S/C19H19ClN2O2/c1-2-21-19(24)17-12-14-5-3-4-6-16(14)22(17)18(23)11-13-7-9-15(20)10-8-13/h3-10,17H,2,11-12H2,1H3,(H,21,24). The molecule has 1 atom stereocenters. The van der Waals surface area contributed by atoms with E-state index in [1.807, 2.05) is 43.3 Å². The number of halogens is 1. The summed E-state index contributed by atoms with van der Waals surface area (Å²) in [6, 6.07) is 14.4. The summed E-state index contributed by atoms with van der Waals surface area (Å²) in [7, 11) is 0. The van der Waals surface area contributed by atoms with Crippen LogP contribution in [0.4, 0.5) is 5.69 Å². The van der Waals surface area contributed by atoms with Gasteiger partial charge in [0.2, 0.25) is 11.8 Å². The maximum Gasteiger partial charge on any atom is 0.243 e. The number of nitrogens with zero attached hydrogens (tertiary/aromatic N) is 1. The second kappa shape index (κ2) is 7.05. The van der Waals surface area contributed by atoms with Gasteiger partial charge in [0.1, 0.15) is 6.04 Å². The van der Waals surface area contributed by atoms with E-state index in [1.165, 1.54) is 0 Å². The normalized spacial score (nSPS) is 15.9. The van der Waals surface area contributed by atoms with Gasteiger partial charge in [-0.2, -0.15) is 0 Å². The van der Waals surface area contributed by atoms with Gasteiger partial charge in [0.15, 0.2) is 0 Å². The van der Waals surface area contributed by atoms with Crippen molar-refractivity contribution in [1.82, 2.24) is 5.32 Å². The SMILES string of the molecule is CCNC(=O)C1Cc2ccccc2N1C(=O)Cc1ccc(Cl)cc1. The summed E-state index contributed by atoms with van der Waals surface area (Å²) in [5, 5.41) is 3.47. The molecular formula is C19H19ClN2O2. The van der Waals surface area contributed by atoms with Crippen LogP contribution >= 0.6 is 11.6 Å². The summed E-state index contributed by atoms with van der Waals surface area (Å²) in [4.78, 5) is 26.9. The van der Waals surface area contributed by atoms with Crippen LogP contribution in [0.5, 0.6) is 0 Å².